The van der Waals surface area contributed by atoms with E-state index in [0.717, 1.165) is 37.5 Å². The van der Waals surface area contributed by atoms with Crippen LogP contribution in [-0.4, -0.2) is 143 Å². The fourth-order valence-corrected chi connectivity index (χ4v) is 10.9. The highest BCUT2D eigenvalue weighted by Gasteiger charge is 2.32. The Hall–Kier alpha value is -7.71. The first-order chi connectivity index (χ1) is 40.0. The van der Waals surface area contributed by atoms with E-state index in [2.05, 4.69) is 50.3 Å². The highest BCUT2D eigenvalue weighted by molar-refractivity contribution is 6.76. The molecule has 4 N–H and O–H groups in total. The molecular formula is C59H76F4N14O7Si. The maximum atomic E-state index is 13.5. The number of aromatic nitrogens is 10. The Bertz CT molecular complexity index is 3710. The van der Waals surface area contributed by atoms with Crippen LogP contribution in [0.4, 0.5) is 22.4 Å². The summed E-state index contributed by atoms with van der Waals surface area (Å²) in [4.78, 5) is 62.6. The lowest BCUT2D eigenvalue weighted by molar-refractivity contribution is -0.0504. The van der Waals surface area contributed by atoms with Gasteiger partial charge in [0.2, 0.25) is 0 Å². The molecule has 0 saturated carbocycles. The second-order valence-corrected chi connectivity index (χ2v) is 31.4. The molecule has 456 valence electrons. The van der Waals surface area contributed by atoms with Crippen molar-refractivity contribution in [2.45, 2.75) is 162 Å². The molecule has 21 nitrogen and oxygen atoms in total. The van der Waals surface area contributed by atoms with Crippen molar-refractivity contribution in [3.8, 4) is 34.3 Å². The standard InChI is InChI=1S/C35H49F2N7O5Si.C24H27F2N7O2/c1-34(2,3)40-31(45)25-20-43(21-47-16-17-50(7,8)9)30-29(25)39-26(19-38-30)28-24-18-23(48-32(36)37)10-11-27(24)44(41-28)22-12-14-42(15-13-22)33(46)49-35(4,5)6;1-24(2,3)31-22(34)16-11-28-21-20(16)30-17(12-29-21)19-15-10-14(35-23(25)26)4-5-18(15)33(32-19)13-6-8-27-9-7-13/h10-11,18-20,22,32H,12-17,21H2,1-9H3,(H,40,45);4-5,10-13,23,27H,6-9H2,1-3H3,(H,28,29)(H,31,34). The maximum Gasteiger partial charge on any atom is 0.410 e. The van der Waals surface area contributed by atoms with Crippen LogP contribution in [0, 0.1) is 0 Å². The van der Waals surface area contributed by atoms with E-state index in [9.17, 15) is 31.9 Å². The van der Waals surface area contributed by atoms with Crippen molar-refractivity contribution in [1.82, 2.24) is 69.9 Å². The molecule has 2 aromatic carbocycles. The number of nitrogens with zero attached hydrogens (tertiary/aromatic N) is 10. The Kier molecular flexibility index (Phi) is 18.0. The van der Waals surface area contributed by atoms with Crippen molar-refractivity contribution in [3.05, 3.63) is 72.3 Å². The van der Waals surface area contributed by atoms with Gasteiger partial charge in [-0.15, -0.1) is 0 Å². The molecule has 6 aromatic heterocycles. The Labute approximate surface area is 490 Å². The molecule has 3 amide bonds. The fourth-order valence-electron chi connectivity index (χ4n) is 10.2. The minimum atomic E-state index is -3.00. The summed E-state index contributed by atoms with van der Waals surface area (Å²) < 4.78 is 78.9. The van der Waals surface area contributed by atoms with Gasteiger partial charge in [-0.3, -0.25) is 19.0 Å². The van der Waals surface area contributed by atoms with Gasteiger partial charge in [0.1, 0.15) is 57.6 Å². The average molecular weight is 1200 g/mol. The van der Waals surface area contributed by atoms with Crippen LogP contribution < -0.4 is 25.4 Å². The van der Waals surface area contributed by atoms with E-state index in [1.807, 2.05) is 71.7 Å². The number of carbonyl (C=O) groups excluding carboxylic acids is 3. The minimum absolute atomic E-state index is 0.0195. The van der Waals surface area contributed by atoms with Gasteiger partial charge < -0.3 is 49.3 Å². The summed E-state index contributed by atoms with van der Waals surface area (Å²) >= 11 is 0. The number of amides is 3. The number of fused-ring (bicyclic) bond motifs is 4. The second kappa shape index (κ2) is 24.7. The van der Waals surface area contributed by atoms with Crippen molar-refractivity contribution >= 4 is 70.1 Å². The van der Waals surface area contributed by atoms with E-state index in [-0.39, 0.29) is 48.2 Å². The molecule has 0 spiro atoms. The lowest BCUT2D eigenvalue weighted by Gasteiger charge is -2.33. The topological polar surface area (TPSA) is 235 Å². The third kappa shape index (κ3) is 15.2. The van der Waals surface area contributed by atoms with Crippen LogP contribution in [0.15, 0.2) is 61.2 Å². The van der Waals surface area contributed by atoms with E-state index >= 15 is 0 Å². The summed E-state index contributed by atoms with van der Waals surface area (Å²) in [5, 5.41) is 20.3. The molecule has 85 heavy (non-hydrogen) atoms. The minimum Gasteiger partial charge on any atom is -0.444 e. The number of aromatic amines is 1. The van der Waals surface area contributed by atoms with E-state index in [0.29, 0.717) is 105 Å². The number of hydrogen-bond donors (Lipinski definition) is 4. The van der Waals surface area contributed by atoms with E-state index in [1.54, 1.807) is 52.5 Å². The number of benzene rings is 2. The Balaban J connectivity index is 0.000000216. The number of rotatable bonds is 15. The van der Waals surface area contributed by atoms with Crippen LogP contribution in [0.25, 0.3) is 66.9 Å². The van der Waals surface area contributed by atoms with Gasteiger partial charge in [0.25, 0.3) is 11.8 Å². The van der Waals surface area contributed by atoms with Gasteiger partial charge in [0.05, 0.1) is 46.6 Å². The lowest BCUT2D eigenvalue weighted by atomic mass is 10.1. The number of likely N-dealkylation sites (tertiary alicyclic amines) is 1. The number of carbonyl (C=O) groups is 3. The van der Waals surface area contributed by atoms with Crippen LogP contribution in [-0.2, 0) is 16.2 Å². The van der Waals surface area contributed by atoms with E-state index < -0.39 is 38.0 Å². The quantitative estimate of drug-likeness (QED) is 0.0425. The third-order valence-corrected chi connectivity index (χ3v) is 15.8. The molecule has 8 aromatic rings. The van der Waals surface area contributed by atoms with Crippen LogP contribution in [0.2, 0.25) is 25.7 Å². The van der Waals surface area contributed by atoms with Crippen LogP contribution in [0.1, 0.15) is 121 Å². The molecule has 8 heterocycles. The monoisotopic (exact) mass is 1200 g/mol. The van der Waals surface area contributed by atoms with E-state index in [1.165, 1.54) is 18.2 Å². The zero-order chi connectivity index (χ0) is 61.3. The summed E-state index contributed by atoms with van der Waals surface area (Å²) in [5.74, 6) is -0.559. The van der Waals surface area contributed by atoms with Crippen molar-refractivity contribution in [1.29, 1.82) is 0 Å². The average Bonchev–Trinajstić information content (AvgIpc) is 1.78. The predicted molar refractivity (Wildman–Crippen MR) is 318 cm³/mol. The fraction of sp³-hybridized carbons (Fsp3) is 0.508. The first-order valence-corrected chi connectivity index (χ1v) is 32.2. The first-order valence-electron chi connectivity index (χ1n) is 28.5. The van der Waals surface area contributed by atoms with Crippen LogP contribution in [0.5, 0.6) is 11.5 Å². The maximum absolute atomic E-state index is 13.5. The predicted octanol–water partition coefficient (Wildman–Crippen LogP) is 11.5. The number of halogens is 4. The Morgan fingerprint density at radius 3 is 1.74 bits per heavy atom. The molecule has 0 atom stereocenters. The van der Waals surface area contributed by atoms with E-state index in [4.69, 9.17) is 39.4 Å². The summed E-state index contributed by atoms with van der Waals surface area (Å²) in [7, 11) is -1.31. The summed E-state index contributed by atoms with van der Waals surface area (Å²) in [6.45, 7) is 21.3. The number of hydrogen-bond acceptors (Lipinski definition) is 14. The van der Waals surface area contributed by atoms with Gasteiger partial charge in [-0.25, -0.2) is 24.7 Å². The summed E-state index contributed by atoms with van der Waals surface area (Å²) in [6, 6.07) is 10.6. The zero-order valence-electron chi connectivity index (χ0n) is 50.2. The molecule has 2 aliphatic heterocycles. The van der Waals surface area contributed by atoms with Gasteiger partial charge in [-0.1, -0.05) is 19.6 Å². The number of piperidine rings is 2. The van der Waals surface area contributed by atoms with Gasteiger partial charge in [0, 0.05) is 62.0 Å². The molecular weight excluding hydrogens is 1120 g/mol. The van der Waals surface area contributed by atoms with Crippen molar-refractivity contribution in [3.63, 3.8) is 0 Å². The van der Waals surface area contributed by atoms with Crippen LogP contribution >= 0.6 is 0 Å². The number of H-pyrrole nitrogens is 1. The summed E-state index contributed by atoms with van der Waals surface area (Å²) in [6.07, 6.45) is 9.06. The Morgan fingerprint density at radius 1 is 0.706 bits per heavy atom. The van der Waals surface area contributed by atoms with Gasteiger partial charge >= 0.3 is 19.3 Å². The first kappa shape index (κ1) is 61.8. The second-order valence-electron chi connectivity index (χ2n) is 25.7. The van der Waals surface area contributed by atoms with Crippen molar-refractivity contribution in [2.75, 3.05) is 32.8 Å². The lowest BCUT2D eigenvalue weighted by Crippen LogP contribution is -2.42. The molecule has 2 fully saturated rings. The normalized spacial score (nSPS) is 15.1. The zero-order valence-corrected chi connectivity index (χ0v) is 51.2. The molecule has 2 aliphatic rings. The molecule has 0 radical (unpaired) electrons. The van der Waals surface area contributed by atoms with Gasteiger partial charge in [0.15, 0.2) is 11.3 Å². The Morgan fingerprint density at radius 2 is 1.22 bits per heavy atom. The molecule has 26 heteroatoms. The number of alkyl halides is 4. The number of nitrogens with one attached hydrogen (secondary N) is 4. The molecule has 0 unspecified atom stereocenters. The molecule has 0 bridgehead atoms. The van der Waals surface area contributed by atoms with Crippen molar-refractivity contribution < 1.29 is 50.9 Å². The van der Waals surface area contributed by atoms with Gasteiger partial charge in [-0.2, -0.15) is 27.8 Å². The van der Waals surface area contributed by atoms with Crippen LogP contribution in [0.3, 0.4) is 0 Å². The SMILES string of the molecule is CC(C)(C)NC(=O)c1c[nH]c2ncc(-c3nn(C4CCNCC4)c4ccc(OC(F)F)cc34)nc12.CC(C)(C)NC(=O)c1cn(COCC[Si](C)(C)C)c2ncc(-c3nn(C4CCN(C(=O)OC(C)(C)C)CC4)c4ccc(OC(F)F)cc34)nc12. The van der Waals surface area contributed by atoms with Gasteiger partial charge in [-0.05, 0) is 144 Å². The molecule has 2 saturated heterocycles. The van der Waals surface area contributed by atoms with Crippen molar-refractivity contribution in [2.24, 2.45) is 0 Å². The third-order valence-electron chi connectivity index (χ3n) is 14.0. The molecule has 0 aliphatic carbocycles. The molecule has 10 rings (SSSR count). The highest BCUT2D eigenvalue weighted by Crippen LogP contribution is 2.38. The largest absolute Gasteiger partial charge is 0.444 e. The number of ether oxygens (including phenoxy) is 4. The summed E-state index contributed by atoms with van der Waals surface area (Å²) in [5.41, 5.74) is 4.10. The smallest absolute Gasteiger partial charge is 0.410 e. The highest BCUT2D eigenvalue weighted by atomic mass is 28.3.